The zero-order valence-corrected chi connectivity index (χ0v) is 17.6. The SMILES string of the molecule is CN(C)c1ncc(CN2CCCC(C(=O)Nc3ccc(-c4ccco4)cc3)C2)s1. The molecule has 7 heteroatoms. The van der Waals surface area contributed by atoms with E-state index in [0.29, 0.717) is 0 Å². The van der Waals surface area contributed by atoms with Crippen LogP contribution in [0.2, 0.25) is 0 Å². The van der Waals surface area contributed by atoms with Crippen molar-refractivity contribution in [2.75, 3.05) is 37.4 Å². The Kier molecular flexibility index (Phi) is 5.97. The lowest BCUT2D eigenvalue weighted by Crippen LogP contribution is -2.40. The third-order valence-electron chi connectivity index (χ3n) is 5.14. The number of likely N-dealkylation sites (tertiary alicyclic amines) is 1. The quantitative estimate of drug-likeness (QED) is 0.656. The number of thiazole rings is 1. The average Bonchev–Trinajstić information content (AvgIpc) is 3.41. The molecule has 29 heavy (non-hydrogen) atoms. The summed E-state index contributed by atoms with van der Waals surface area (Å²) in [7, 11) is 4.01. The van der Waals surface area contributed by atoms with Gasteiger partial charge in [-0.15, -0.1) is 11.3 Å². The Hall–Kier alpha value is -2.64. The highest BCUT2D eigenvalue weighted by Gasteiger charge is 2.26. The van der Waals surface area contributed by atoms with Crippen LogP contribution in [0.25, 0.3) is 11.3 Å². The summed E-state index contributed by atoms with van der Waals surface area (Å²) >= 11 is 1.71. The fourth-order valence-corrected chi connectivity index (χ4v) is 4.49. The number of carbonyl (C=O) groups excluding carboxylic acids is 1. The minimum absolute atomic E-state index is 0.00902. The van der Waals surface area contributed by atoms with Crippen LogP contribution >= 0.6 is 11.3 Å². The Morgan fingerprint density at radius 1 is 1.31 bits per heavy atom. The van der Waals surface area contributed by atoms with Crippen molar-refractivity contribution in [3.63, 3.8) is 0 Å². The number of nitrogens with one attached hydrogen (secondary N) is 1. The molecule has 0 aliphatic carbocycles. The molecule has 4 rings (SSSR count). The molecule has 2 aromatic heterocycles. The third-order valence-corrected chi connectivity index (χ3v) is 6.29. The Morgan fingerprint density at radius 3 is 2.83 bits per heavy atom. The van der Waals surface area contributed by atoms with Crippen molar-refractivity contribution in [3.05, 3.63) is 53.7 Å². The fraction of sp³-hybridized carbons (Fsp3) is 0.364. The zero-order valence-electron chi connectivity index (χ0n) is 16.8. The van der Waals surface area contributed by atoms with Crippen LogP contribution in [0.5, 0.6) is 0 Å². The fourth-order valence-electron chi connectivity index (χ4n) is 3.62. The maximum Gasteiger partial charge on any atom is 0.228 e. The molecular weight excluding hydrogens is 384 g/mol. The summed E-state index contributed by atoms with van der Waals surface area (Å²) in [6.07, 6.45) is 5.57. The van der Waals surface area contributed by atoms with E-state index in [1.807, 2.05) is 61.6 Å². The summed E-state index contributed by atoms with van der Waals surface area (Å²) in [5.41, 5.74) is 1.82. The second-order valence-electron chi connectivity index (χ2n) is 7.62. The lowest BCUT2D eigenvalue weighted by atomic mass is 9.97. The molecule has 3 aromatic rings. The highest BCUT2D eigenvalue weighted by atomic mass is 32.1. The van der Waals surface area contributed by atoms with Gasteiger partial charge in [0.15, 0.2) is 5.13 Å². The van der Waals surface area contributed by atoms with Crippen molar-refractivity contribution in [1.29, 1.82) is 0 Å². The van der Waals surface area contributed by atoms with E-state index in [4.69, 9.17) is 4.42 Å². The van der Waals surface area contributed by atoms with Crippen molar-refractivity contribution in [2.24, 2.45) is 5.92 Å². The van der Waals surface area contributed by atoms with E-state index in [-0.39, 0.29) is 11.8 Å². The first-order valence-electron chi connectivity index (χ1n) is 9.87. The van der Waals surface area contributed by atoms with Crippen LogP contribution in [0.4, 0.5) is 10.8 Å². The van der Waals surface area contributed by atoms with Gasteiger partial charge < -0.3 is 14.6 Å². The second-order valence-corrected chi connectivity index (χ2v) is 8.72. The number of piperidine rings is 1. The summed E-state index contributed by atoms with van der Waals surface area (Å²) in [6.45, 7) is 2.66. The van der Waals surface area contributed by atoms with Crippen molar-refractivity contribution in [1.82, 2.24) is 9.88 Å². The molecule has 6 nitrogen and oxygen atoms in total. The van der Waals surface area contributed by atoms with Crippen molar-refractivity contribution in [3.8, 4) is 11.3 Å². The highest BCUT2D eigenvalue weighted by Crippen LogP contribution is 2.26. The summed E-state index contributed by atoms with van der Waals surface area (Å²) in [4.78, 5) is 22.9. The van der Waals surface area contributed by atoms with Crippen molar-refractivity contribution >= 4 is 28.1 Å². The van der Waals surface area contributed by atoms with Crippen LogP contribution in [-0.4, -0.2) is 43.0 Å². The maximum absolute atomic E-state index is 12.8. The van der Waals surface area contributed by atoms with Gasteiger partial charge in [-0.3, -0.25) is 9.69 Å². The van der Waals surface area contributed by atoms with Crippen LogP contribution in [0.1, 0.15) is 17.7 Å². The molecule has 1 aromatic carbocycles. The number of amides is 1. The molecule has 0 saturated carbocycles. The van der Waals surface area contributed by atoms with Gasteiger partial charge in [-0.05, 0) is 55.8 Å². The molecule has 1 aliphatic rings. The monoisotopic (exact) mass is 410 g/mol. The Morgan fingerprint density at radius 2 is 2.14 bits per heavy atom. The first kappa shape index (κ1) is 19.7. The number of carbonyl (C=O) groups is 1. The lowest BCUT2D eigenvalue weighted by Gasteiger charge is -2.31. The summed E-state index contributed by atoms with van der Waals surface area (Å²) < 4.78 is 5.41. The Bertz CT molecular complexity index is 934. The van der Waals surface area contributed by atoms with Crippen molar-refractivity contribution in [2.45, 2.75) is 19.4 Å². The van der Waals surface area contributed by atoms with Gasteiger partial charge in [0, 0.05) is 49.5 Å². The zero-order chi connectivity index (χ0) is 20.2. The van der Waals surface area contributed by atoms with E-state index in [0.717, 1.165) is 54.6 Å². The van der Waals surface area contributed by atoms with Crippen LogP contribution in [0, 0.1) is 5.92 Å². The number of nitrogens with zero attached hydrogens (tertiary/aromatic N) is 3. The number of furan rings is 1. The van der Waals surface area contributed by atoms with Gasteiger partial charge in [-0.1, -0.05) is 0 Å². The maximum atomic E-state index is 12.8. The smallest absolute Gasteiger partial charge is 0.228 e. The van der Waals surface area contributed by atoms with Gasteiger partial charge in [0.05, 0.1) is 12.2 Å². The lowest BCUT2D eigenvalue weighted by molar-refractivity contribution is -0.121. The predicted molar refractivity (Wildman–Crippen MR) is 117 cm³/mol. The van der Waals surface area contributed by atoms with Gasteiger partial charge in [0.1, 0.15) is 5.76 Å². The first-order valence-corrected chi connectivity index (χ1v) is 10.7. The van der Waals surface area contributed by atoms with E-state index >= 15 is 0 Å². The standard InChI is InChI=1S/C22H26N4O2S/c1-25(2)22-23-13-19(29-22)15-26-11-3-5-17(14-26)21(27)24-18-9-7-16(8-10-18)20-6-4-12-28-20/h4,6-10,12-13,17H,3,5,11,14-15H2,1-2H3,(H,24,27). The number of anilines is 2. The Labute approximate surface area is 175 Å². The van der Waals surface area contributed by atoms with Crippen LogP contribution < -0.4 is 10.2 Å². The molecule has 1 fully saturated rings. The van der Waals surface area contributed by atoms with Gasteiger partial charge in [-0.25, -0.2) is 4.98 Å². The number of aromatic nitrogens is 1. The molecule has 3 heterocycles. The van der Waals surface area contributed by atoms with E-state index in [2.05, 4.69) is 15.2 Å². The van der Waals surface area contributed by atoms with E-state index < -0.39 is 0 Å². The first-order chi connectivity index (χ1) is 14.1. The van der Waals surface area contributed by atoms with E-state index in [9.17, 15) is 4.79 Å². The minimum Gasteiger partial charge on any atom is -0.464 e. The summed E-state index contributed by atoms with van der Waals surface area (Å²) in [5.74, 6) is 0.930. The van der Waals surface area contributed by atoms with Gasteiger partial charge >= 0.3 is 0 Å². The third kappa shape index (κ3) is 4.86. The predicted octanol–water partition coefficient (Wildman–Crippen LogP) is 4.32. The molecule has 0 radical (unpaired) electrons. The van der Waals surface area contributed by atoms with E-state index in [1.54, 1.807) is 17.6 Å². The van der Waals surface area contributed by atoms with Gasteiger partial charge in [0.25, 0.3) is 0 Å². The molecule has 1 atom stereocenters. The second kappa shape index (κ2) is 8.80. The minimum atomic E-state index is 0.00902. The summed E-state index contributed by atoms with van der Waals surface area (Å²) in [6, 6.07) is 11.6. The molecule has 0 spiro atoms. The molecule has 1 aliphatic heterocycles. The molecular formula is C22H26N4O2S. The van der Waals surface area contributed by atoms with Crippen molar-refractivity contribution < 1.29 is 9.21 Å². The molecule has 152 valence electrons. The van der Waals surface area contributed by atoms with E-state index in [1.165, 1.54) is 4.88 Å². The highest BCUT2D eigenvalue weighted by molar-refractivity contribution is 7.15. The molecule has 1 amide bonds. The molecule has 0 bridgehead atoms. The van der Waals surface area contributed by atoms with Gasteiger partial charge in [-0.2, -0.15) is 0 Å². The number of benzene rings is 1. The average molecular weight is 411 g/mol. The Balaban J connectivity index is 1.33. The number of rotatable bonds is 6. The molecule has 1 N–H and O–H groups in total. The number of hydrogen-bond donors (Lipinski definition) is 1. The largest absolute Gasteiger partial charge is 0.464 e. The van der Waals surface area contributed by atoms with Crippen LogP contribution in [-0.2, 0) is 11.3 Å². The molecule has 1 saturated heterocycles. The van der Waals surface area contributed by atoms with Crippen LogP contribution in [0.15, 0.2) is 53.3 Å². The summed E-state index contributed by atoms with van der Waals surface area (Å²) in [5, 5.41) is 4.09. The normalized spacial score (nSPS) is 17.2. The topological polar surface area (TPSA) is 61.6 Å². The van der Waals surface area contributed by atoms with Gasteiger partial charge in [0.2, 0.25) is 5.91 Å². The number of hydrogen-bond acceptors (Lipinski definition) is 6. The van der Waals surface area contributed by atoms with Crippen LogP contribution in [0.3, 0.4) is 0 Å². The molecule has 1 unspecified atom stereocenters.